The van der Waals surface area contributed by atoms with E-state index >= 15 is 0 Å². The molecule has 1 aliphatic rings. The fraction of sp³-hybridized carbons (Fsp3) is 0.737. The molecule has 0 saturated carbocycles. The SMILES string of the molecule is CCCCCNC(=O)c1nc(C(=O)N(C)CCCC)n2c1CCCC2. The Labute approximate surface area is 151 Å². The van der Waals surface area contributed by atoms with Gasteiger partial charge in [-0.05, 0) is 32.1 Å². The van der Waals surface area contributed by atoms with Gasteiger partial charge in [-0.3, -0.25) is 9.59 Å². The van der Waals surface area contributed by atoms with Crippen molar-refractivity contribution in [1.82, 2.24) is 19.8 Å². The molecular formula is C19H32N4O2. The Balaban J connectivity index is 2.17. The number of hydrogen-bond donors (Lipinski definition) is 1. The van der Waals surface area contributed by atoms with Gasteiger partial charge in [-0.15, -0.1) is 0 Å². The molecule has 0 aliphatic carbocycles. The second-order valence-corrected chi connectivity index (χ2v) is 6.88. The zero-order chi connectivity index (χ0) is 18.2. The molecule has 0 atom stereocenters. The highest BCUT2D eigenvalue weighted by molar-refractivity contribution is 5.97. The summed E-state index contributed by atoms with van der Waals surface area (Å²) in [5, 5.41) is 2.96. The smallest absolute Gasteiger partial charge is 0.289 e. The maximum absolute atomic E-state index is 12.8. The normalized spacial score (nSPS) is 13.4. The second-order valence-electron chi connectivity index (χ2n) is 6.88. The van der Waals surface area contributed by atoms with Crippen molar-refractivity contribution in [3.8, 4) is 0 Å². The van der Waals surface area contributed by atoms with Gasteiger partial charge in [0.1, 0.15) is 5.69 Å². The Morgan fingerprint density at radius 1 is 1.16 bits per heavy atom. The molecule has 1 N–H and O–H groups in total. The maximum atomic E-state index is 12.8. The van der Waals surface area contributed by atoms with E-state index in [1.807, 2.05) is 11.6 Å². The Morgan fingerprint density at radius 2 is 1.92 bits per heavy atom. The standard InChI is InChI=1S/C19H32N4O2/c1-4-6-9-12-20-18(24)16-15-11-8-10-14-23(15)17(21-16)19(25)22(3)13-7-5-2/h4-14H2,1-3H3,(H,20,24). The van der Waals surface area contributed by atoms with Crippen molar-refractivity contribution >= 4 is 11.8 Å². The van der Waals surface area contributed by atoms with Gasteiger partial charge in [-0.25, -0.2) is 4.98 Å². The molecular weight excluding hydrogens is 316 g/mol. The molecule has 6 nitrogen and oxygen atoms in total. The Morgan fingerprint density at radius 3 is 2.64 bits per heavy atom. The molecule has 0 radical (unpaired) electrons. The summed E-state index contributed by atoms with van der Waals surface area (Å²) in [6.45, 7) is 6.40. The summed E-state index contributed by atoms with van der Waals surface area (Å²) in [6.07, 6.45) is 8.11. The molecule has 0 spiro atoms. The molecule has 25 heavy (non-hydrogen) atoms. The first-order valence-corrected chi connectivity index (χ1v) is 9.73. The van der Waals surface area contributed by atoms with Crippen molar-refractivity contribution in [2.75, 3.05) is 20.1 Å². The Hall–Kier alpha value is -1.85. The van der Waals surface area contributed by atoms with E-state index in [1.54, 1.807) is 4.90 Å². The van der Waals surface area contributed by atoms with Crippen LogP contribution in [-0.2, 0) is 13.0 Å². The van der Waals surface area contributed by atoms with Crippen molar-refractivity contribution in [3.63, 3.8) is 0 Å². The molecule has 0 bridgehead atoms. The maximum Gasteiger partial charge on any atom is 0.289 e. The first-order valence-electron chi connectivity index (χ1n) is 9.73. The van der Waals surface area contributed by atoms with Gasteiger partial charge in [0.25, 0.3) is 11.8 Å². The molecule has 1 aliphatic heterocycles. The molecule has 2 heterocycles. The summed E-state index contributed by atoms with van der Waals surface area (Å²) in [4.78, 5) is 31.5. The highest BCUT2D eigenvalue weighted by atomic mass is 16.2. The van der Waals surface area contributed by atoms with Gasteiger partial charge in [-0.2, -0.15) is 0 Å². The summed E-state index contributed by atoms with van der Waals surface area (Å²) in [5.74, 6) is 0.200. The number of carbonyl (C=O) groups is 2. The van der Waals surface area contributed by atoms with Crippen LogP contribution in [0.2, 0.25) is 0 Å². The summed E-state index contributed by atoms with van der Waals surface area (Å²) < 4.78 is 1.97. The third kappa shape index (κ3) is 4.83. The zero-order valence-corrected chi connectivity index (χ0v) is 15.9. The molecule has 2 rings (SSSR count). The highest BCUT2D eigenvalue weighted by Gasteiger charge is 2.28. The van der Waals surface area contributed by atoms with Crippen LogP contribution in [-0.4, -0.2) is 46.4 Å². The molecule has 140 valence electrons. The first kappa shape index (κ1) is 19.5. The minimum atomic E-state index is -0.142. The van der Waals surface area contributed by atoms with Crippen LogP contribution >= 0.6 is 0 Å². The average Bonchev–Trinajstić information content (AvgIpc) is 3.02. The van der Waals surface area contributed by atoms with Crippen LogP contribution in [0.5, 0.6) is 0 Å². The molecule has 1 aromatic heterocycles. The Kier molecular flexibility index (Phi) is 7.47. The number of nitrogens with zero attached hydrogens (tertiary/aromatic N) is 3. The van der Waals surface area contributed by atoms with Crippen LogP contribution in [0.3, 0.4) is 0 Å². The van der Waals surface area contributed by atoms with E-state index in [-0.39, 0.29) is 11.8 Å². The van der Waals surface area contributed by atoms with Crippen LogP contribution in [0.1, 0.15) is 85.6 Å². The zero-order valence-electron chi connectivity index (χ0n) is 15.9. The van der Waals surface area contributed by atoms with Crippen LogP contribution < -0.4 is 5.32 Å². The van der Waals surface area contributed by atoms with E-state index < -0.39 is 0 Å². The van der Waals surface area contributed by atoms with E-state index in [2.05, 4.69) is 24.1 Å². The van der Waals surface area contributed by atoms with E-state index in [9.17, 15) is 9.59 Å². The number of carbonyl (C=O) groups excluding carboxylic acids is 2. The first-order chi connectivity index (χ1) is 12.1. The van der Waals surface area contributed by atoms with Crippen molar-refractivity contribution in [2.45, 2.75) is 71.8 Å². The van der Waals surface area contributed by atoms with Gasteiger partial charge in [0.15, 0.2) is 5.82 Å². The van der Waals surface area contributed by atoms with Gasteiger partial charge in [0.2, 0.25) is 0 Å². The lowest BCUT2D eigenvalue weighted by Gasteiger charge is -2.20. The van der Waals surface area contributed by atoms with Crippen molar-refractivity contribution in [3.05, 3.63) is 17.2 Å². The lowest BCUT2D eigenvalue weighted by atomic mass is 10.1. The second kappa shape index (κ2) is 9.59. The molecule has 0 saturated heterocycles. The average molecular weight is 348 g/mol. The van der Waals surface area contributed by atoms with Crippen LogP contribution in [0, 0.1) is 0 Å². The minimum absolute atomic E-state index is 0.0818. The number of imidazole rings is 1. The predicted molar refractivity (Wildman–Crippen MR) is 98.9 cm³/mol. The number of nitrogens with one attached hydrogen (secondary N) is 1. The third-order valence-corrected chi connectivity index (χ3v) is 4.78. The molecule has 0 fully saturated rings. The molecule has 6 heteroatoms. The lowest BCUT2D eigenvalue weighted by Crippen LogP contribution is -2.31. The lowest BCUT2D eigenvalue weighted by molar-refractivity contribution is 0.0775. The molecule has 0 unspecified atom stereocenters. The van der Waals surface area contributed by atoms with Crippen molar-refractivity contribution < 1.29 is 9.59 Å². The van der Waals surface area contributed by atoms with Crippen LogP contribution in [0.4, 0.5) is 0 Å². The quantitative estimate of drug-likeness (QED) is 0.698. The Bertz CT molecular complexity index is 594. The summed E-state index contributed by atoms with van der Waals surface area (Å²) in [5.41, 5.74) is 1.37. The number of hydrogen-bond acceptors (Lipinski definition) is 3. The van der Waals surface area contributed by atoms with Gasteiger partial charge in [0.05, 0.1) is 5.69 Å². The van der Waals surface area contributed by atoms with Gasteiger partial charge < -0.3 is 14.8 Å². The van der Waals surface area contributed by atoms with E-state index in [4.69, 9.17) is 0 Å². The predicted octanol–water partition coefficient (Wildman–Crippen LogP) is 3.01. The van der Waals surface area contributed by atoms with E-state index in [0.717, 1.165) is 70.2 Å². The summed E-state index contributed by atoms with van der Waals surface area (Å²) >= 11 is 0. The number of rotatable bonds is 9. The largest absolute Gasteiger partial charge is 0.351 e. The number of aromatic nitrogens is 2. The fourth-order valence-electron chi connectivity index (χ4n) is 3.22. The summed E-state index contributed by atoms with van der Waals surface area (Å²) in [7, 11) is 1.81. The van der Waals surface area contributed by atoms with Gasteiger partial charge >= 0.3 is 0 Å². The monoisotopic (exact) mass is 348 g/mol. The van der Waals surface area contributed by atoms with Crippen LogP contribution in [0.25, 0.3) is 0 Å². The number of unbranched alkanes of at least 4 members (excludes halogenated alkanes) is 3. The van der Waals surface area contributed by atoms with Crippen molar-refractivity contribution in [1.29, 1.82) is 0 Å². The molecule has 0 aromatic carbocycles. The van der Waals surface area contributed by atoms with Crippen LogP contribution in [0.15, 0.2) is 0 Å². The third-order valence-electron chi connectivity index (χ3n) is 4.78. The topological polar surface area (TPSA) is 67.2 Å². The minimum Gasteiger partial charge on any atom is -0.351 e. The molecule has 1 aromatic rings. The fourth-order valence-corrected chi connectivity index (χ4v) is 3.22. The highest BCUT2D eigenvalue weighted by Crippen LogP contribution is 2.22. The van der Waals surface area contributed by atoms with Crippen molar-refractivity contribution in [2.24, 2.45) is 0 Å². The van der Waals surface area contributed by atoms with E-state index in [1.165, 1.54) is 0 Å². The summed E-state index contributed by atoms with van der Waals surface area (Å²) in [6, 6.07) is 0. The van der Waals surface area contributed by atoms with Gasteiger partial charge in [-0.1, -0.05) is 33.1 Å². The number of fused-ring (bicyclic) bond motifs is 1. The van der Waals surface area contributed by atoms with E-state index in [0.29, 0.717) is 18.1 Å². The number of amides is 2. The molecule has 2 amide bonds. The van der Waals surface area contributed by atoms with Gasteiger partial charge in [0, 0.05) is 26.7 Å².